The molecule has 0 bridgehead atoms. The first-order valence-corrected chi connectivity index (χ1v) is 13.9. The van der Waals surface area contributed by atoms with Gasteiger partial charge in [-0.15, -0.1) is 0 Å². The summed E-state index contributed by atoms with van der Waals surface area (Å²) in [6.45, 7) is 8.87. The minimum absolute atomic E-state index is 0.0192. The van der Waals surface area contributed by atoms with Gasteiger partial charge in [0.25, 0.3) is 0 Å². The predicted octanol–water partition coefficient (Wildman–Crippen LogP) is 4.12. The van der Waals surface area contributed by atoms with E-state index in [0.717, 1.165) is 32.1 Å². The van der Waals surface area contributed by atoms with Crippen LogP contribution in [0.3, 0.4) is 0 Å². The summed E-state index contributed by atoms with van der Waals surface area (Å²) in [4.78, 5) is 0. The summed E-state index contributed by atoms with van der Waals surface area (Å²) < 4.78 is 80.6. The summed E-state index contributed by atoms with van der Waals surface area (Å²) in [5, 5.41) is 0. The fraction of sp³-hybridized carbons (Fsp3) is 0.727. The number of rotatable bonds is 4. The third-order valence-corrected chi connectivity index (χ3v) is 9.21. The lowest BCUT2D eigenvalue weighted by Crippen LogP contribution is -2.58. The first-order chi connectivity index (χ1) is 15.0. The Bertz CT molecular complexity index is 1160. The van der Waals surface area contributed by atoms with Gasteiger partial charge in [-0.1, -0.05) is 27.2 Å². The molecule has 2 saturated carbocycles. The first-order valence-electron chi connectivity index (χ1n) is 11.2. The van der Waals surface area contributed by atoms with Gasteiger partial charge in [-0.3, -0.25) is 9.11 Å². The van der Waals surface area contributed by atoms with Crippen LogP contribution in [0.25, 0.3) is 0 Å². The van der Waals surface area contributed by atoms with Crippen LogP contribution in [0.2, 0.25) is 0 Å². The Labute approximate surface area is 195 Å². The Morgan fingerprint density at radius 3 is 2.03 bits per heavy atom. The van der Waals surface area contributed by atoms with E-state index in [-0.39, 0.29) is 40.4 Å². The van der Waals surface area contributed by atoms with Crippen molar-refractivity contribution in [3.8, 4) is 11.5 Å². The third kappa shape index (κ3) is 4.62. The molecule has 4 unspecified atom stereocenters. The zero-order valence-corrected chi connectivity index (χ0v) is 21.0. The molecule has 1 aromatic carbocycles. The Morgan fingerprint density at radius 1 is 0.879 bits per heavy atom. The van der Waals surface area contributed by atoms with E-state index < -0.39 is 26.4 Å². The fourth-order valence-electron chi connectivity index (χ4n) is 7.08. The van der Waals surface area contributed by atoms with Gasteiger partial charge < -0.3 is 13.1 Å². The molecule has 3 aliphatic rings. The molecule has 2 aliphatic carbocycles. The lowest BCUT2D eigenvalue weighted by Gasteiger charge is -2.62. The lowest BCUT2D eigenvalue weighted by atomic mass is 9.45. The van der Waals surface area contributed by atoms with Crippen molar-refractivity contribution in [2.75, 3.05) is 0 Å². The number of fused-ring (bicyclic) bond motifs is 4. The van der Waals surface area contributed by atoms with Crippen LogP contribution in [0.5, 0.6) is 11.5 Å². The highest BCUT2D eigenvalue weighted by atomic mass is 32.3. The average Bonchev–Trinajstić information content (AvgIpc) is 2.79. The number of benzene rings is 1. The third-order valence-electron chi connectivity index (χ3n) is 8.43. The predicted molar refractivity (Wildman–Crippen MR) is 120 cm³/mol. The van der Waals surface area contributed by atoms with E-state index in [4.69, 9.17) is 13.1 Å². The van der Waals surface area contributed by atoms with Crippen LogP contribution < -0.4 is 8.37 Å². The van der Waals surface area contributed by atoms with Crippen molar-refractivity contribution in [2.24, 2.45) is 22.7 Å². The summed E-state index contributed by atoms with van der Waals surface area (Å²) in [6.07, 6.45) is 5.35. The molecular weight excluding hydrogens is 472 g/mol. The maximum Gasteiger partial charge on any atom is 0.446 e. The van der Waals surface area contributed by atoms with Crippen molar-refractivity contribution in [1.29, 1.82) is 0 Å². The molecule has 0 saturated heterocycles. The maximum atomic E-state index is 11.5. The molecule has 2 fully saturated rings. The van der Waals surface area contributed by atoms with Gasteiger partial charge in [-0.25, -0.2) is 0 Å². The van der Waals surface area contributed by atoms with Gasteiger partial charge in [0.1, 0.15) is 5.75 Å². The molecule has 33 heavy (non-hydrogen) atoms. The van der Waals surface area contributed by atoms with Crippen LogP contribution in [0.1, 0.15) is 70.9 Å². The van der Waals surface area contributed by atoms with Crippen molar-refractivity contribution in [1.82, 2.24) is 0 Å². The minimum atomic E-state index is -4.82. The second-order valence-electron chi connectivity index (χ2n) is 10.8. The number of ether oxygens (including phenoxy) is 1. The average molecular weight is 505 g/mol. The molecular formula is C22H32O9S2. The highest BCUT2D eigenvalue weighted by molar-refractivity contribution is 7.81. The topological polar surface area (TPSA) is 136 Å². The molecule has 4 rings (SSSR count). The first kappa shape index (κ1) is 24.7. The monoisotopic (exact) mass is 504 g/mol. The van der Waals surface area contributed by atoms with Gasteiger partial charge in [0.05, 0.1) is 12.2 Å². The normalized spacial score (nSPS) is 33.8. The smallest absolute Gasteiger partial charge is 0.370 e. The molecule has 0 amide bonds. The second kappa shape index (κ2) is 7.81. The van der Waals surface area contributed by atoms with Gasteiger partial charge in [-0.2, -0.15) is 16.8 Å². The zero-order valence-electron chi connectivity index (χ0n) is 19.3. The standard InChI is InChI=1S/C22H32O9S2/c1-20(2)9-5-10-21(3)18(20)8-11-22(4)19(21)12-14-15(13-29-22)17(31-33(26,27)28)7-6-16(14)30-32(23,24)25/h6-7,18-19H,5,8-13H2,1-4H3,(H,23,24,25)(H,26,27,28). The van der Waals surface area contributed by atoms with E-state index in [2.05, 4.69) is 27.7 Å². The van der Waals surface area contributed by atoms with Gasteiger partial charge in [-0.05, 0) is 73.8 Å². The maximum absolute atomic E-state index is 11.5. The van der Waals surface area contributed by atoms with Gasteiger partial charge in [0.2, 0.25) is 0 Å². The van der Waals surface area contributed by atoms with Gasteiger partial charge in [0.15, 0.2) is 5.75 Å². The van der Waals surface area contributed by atoms with Gasteiger partial charge in [0, 0.05) is 11.1 Å². The molecule has 1 heterocycles. The quantitative estimate of drug-likeness (QED) is 0.580. The molecule has 9 nitrogen and oxygen atoms in total. The summed E-state index contributed by atoms with van der Waals surface area (Å²) in [6, 6.07) is 2.41. The highest BCUT2D eigenvalue weighted by Crippen LogP contribution is 2.64. The van der Waals surface area contributed by atoms with E-state index >= 15 is 0 Å². The van der Waals surface area contributed by atoms with E-state index in [0.29, 0.717) is 17.9 Å². The number of hydrogen-bond donors (Lipinski definition) is 2. The molecule has 1 aliphatic heterocycles. The van der Waals surface area contributed by atoms with E-state index in [1.165, 1.54) is 12.1 Å². The summed E-state index contributed by atoms with van der Waals surface area (Å²) in [5.41, 5.74) is 0.175. The van der Waals surface area contributed by atoms with Crippen molar-refractivity contribution in [2.45, 2.75) is 78.4 Å². The van der Waals surface area contributed by atoms with Crippen LogP contribution in [-0.4, -0.2) is 31.5 Å². The Balaban J connectivity index is 1.87. The van der Waals surface area contributed by atoms with E-state index in [1.807, 2.05) is 0 Å². The molecule has 2 N–H and O–H groups in total. The van der Waals surface area contributed by atoms with Crippen LogP contribution in [0.4, 0.5) is 0 Å². The van der Waals surface area contributed by atoms with Crippen molar-refractivity contribution < 1.29 is 39.0 Å². The SMILES string of the molecule is CC1(C)CCCC2(C)C1CCC1(C)OCc3c(OS(=O)(=O)O)ccc(OS(=O)(=O)O)c3CC12. The molecule has 0 spiro atoms. The minimum Gasteiger partial charge on any atom is -0.370 e. The van der Waals surface area contributed by atoms with Crippen molar-refractivity contribution in [3.63, 3.8) is 0 Å². The van der Waals surface area contributed by atoms with Gasteiger partial charge >= 0.3 is 20.8 Å². The second-order valence-corrected chi connectivity index (χ2v) is 12.9. The molecule has 0 aromatic heterocycles. The molecule has 186 valence electrons. The van der Waals surface area contributed by atoms with Crippen LogP contribution >= 0.6 is 0 Å². The summed E-state index contributed by atoms with van der Waals surface area (Å²) in [5.74, 6) is 0.145. The molecule has 1 aromatic rings. The number of hydrogen-bond acceptors (Lipinski definition) is 7. The van der Waals surface area contributed by atoms with Crippen molar-refractivity contribution >= 4 is 20.8 Å². The fourth-order valence-corrected chi connectivity index (χ4v) is 7.85. The molecule has 4 atom stereocenters. The molecule has 0 radical (unpaired) electrons. The zero-order chi connectivity index (χ0) is 24.4. The summed E-state index contributed by atoms with van der Waals surface area (Å²) in [7, 11) is -9.64. The van der Waals surface area contributed by atoms with Crippen molar-refractivity contribution in [3.05, 3.63) is 23.3 Å². The lowest BCUT2D eigenvalue weighted by molar-refractivity contribution is -0.191. The Morgan fingerprint density at radius 2 is 1.45 bits per heavy atom. The largest absolute Gasteiger partial charge is 0.446 e. The van der Waals surface area contributed by atoms with Crippen LogP contribution in [0, 0.1) is 22.7 Å². The van der Waals surface area contributed by atoms with Crippen LogP contribution in [0.15, 0.2) is 12.1 Å². The Kier molecular flexibility index (Phi) is 5.85. The molecule has 11 heteroatoms. The summed E-state index contributed by atoms with van der Waals surface area (Å²) >= 11 is 0. The van der Waals surface area contributed by atoms with E-state index in [1.54, 1.807) is 0 Å². The Hall–Kier alpha value is -1.40. The van der Waals surface area contributed by atoms with E-state index in [9.17, 15) is 25.9 Å². The van der Waals surface area contributed by atoms with Crippen LogP contribution in [-0.2, 0) is 38.6 Å². The highest BCUT2D eigenvalue weighted by Gasteiger charge is 2.59.